The lowest BCUT2D eigenvalue weighted by Gasteiger charge is -2.08. The standard InChI is InChI=1S/C18H16N2O4/c1-11(18(23)24-20-16(21)6-7-17(20)22)8-14-9-12-4-2-3-5-13(12)10-15(14)19/h2-10,21-22H,19H2,1H3. The molecule has 0 fully saturated rings. The molecular formula is C18H16N2O4. The fourth-order valence-electron chi connectivity index (χ4n) is 2.34. The van der Waals surface area contributed by atoms with Crippen LogP contribution in [-0.4, -0.2) is 20.9 Å². The third-order valence-corrected chi connectivity index (χ3v) is 3.62. The number of benzene rings is 2. The Morgan fingerprint density at radius 3 is 2.29 bits per heavy atom. The summed E-state index contributed by atoms with van der Waals surface area (Å²) in [5.41, 5.74) is 7.52. The Labute approximate surface area is 138 Å². The molecule has 0 saturated heterocycles. The highest BCUT2D eigenvalue weighted by Crippen LogP contribution is 2.24. The molecule has 0 aliphatic rings. The molecule has 0 aliphatic heterocycles. The first-order chi connectivity index (χ1) is 11.5. The summed E-state index contributed by atoms with van der Waals surface area (Å²) in [6.45, 7) is 1.56. The van der Waals surface area contributed by atoms with Crippen molar-refractivity contribution in [2.24, 2.45) is 0 Å². The van der Waals surface area contributed by atoms with Crippen molar-refractivity contribution in [2.75, 3.05) is 5.73 Å². The second-order valence-corrected chi connectivity index (χ2v) is 5.38. The van der Waals surface area contributed by atoms with Gasteiger partial charge in [-0.15, -0.1) is 4.73 Å². The second kappa shape index (κ2) is 6.00. The zero-order chi connectivity index (χ0) is 17.3. The van der Waals surface area contributed by atoms with Crippen LogP contribution in [0.5, 0.6) is 11.8 Å². The Bertz CT molecular complexity index is 937. The molecule has 6 nitrogen and oxygen atoms in total. The van der Waals surface area contributed by atoms with Gasteiger partial charge in [-0.2, -0.15) is 0 Å². The van der Waals surface area contributed by atoms with Crippen molar-refractivity contribution < 1.29 is 19.8 Å². The predicted octanol–water partition coefficient (Wildman–Crippen LogP) is 2.69. The number of aromatic nitrogens is 1. The molecule has 3 aromatic rings. The van der Waals surface area contributed by atoms with Crippen LogP contribution in [-0.2, 0) is 4.79 Å². The number of aromatic hydroxyl groups is 2. The van der Waals surface area contributed by atoms with Crippen LogP contribution >= 0.6 is 0 Å². The average Bonchev–Trinajstić information content (AvgIpc) is 2.87. The van der Waals surface area contributed by atoms with E-state index in [9.17, 15) is 15.0 Å². The maximum Gasteiger partial charge on any atom is 0.359 e. The molecule has 24 heavy (non-hydrogen) atoms. The van der Waals surface area contributed by atoms with Crippen LogP contribution in [0.15, 0.2) is 54.1 Å². The van der Waals surface area contributed by atoms with Crippen LogP contribution in [0.1, 0.15) is 12.5 Å². The van der Waals surface area contributed by atoms with Gasteiger partial charge in [0.25, 0.3) is 0 Å². The fraction of sp³-hybridized carbons (Fsp3) is 0.0556. The SMILES string of the molecule is CC(=Cc1cc2ccccc2cc1N)C(=O)On1c(O)ccc1O. The van der Waals surface area contributed by atoms with Gasteiger partial charge in [-0.25, -0.2) is 4.79 Å². The molecule has 0 atom stereocenters. The molecule has 2 aromatic carbocycles. The first kappa shape index (κ1) is 15.5. The van der Waals surface area contributed by atoms with Crippen molar-refractivity contribution in [1.29, 1.82) is 0 Å². The van der Waals surface area contributed by atoms with Gasteiger partial charge in [0, 0.05) is 23.4 Å². The van der Waals surface area contributed by atoms with Gasteiger partial charge < -0.3 is 20.8 Å². The summed E-state index contributed by atoms with van der Waals surface area (Å²) in [7, 11) is 0. The van der Waals surface area contributed by atoms with Gasteiger partial charge in [-0.05, 0) is 41.5 Å². The lowest BCUT2D eigenvalue weighted by molar-refractivity contribution is -0.140. The van der Waals surface area contributed by atoms with E-state index in [2.05, 4.69) is 0 Å². The Hall–Kier alpha value is -3.41. The minimum atomic E-state index is -0.718. The van der Waals surface area contributed by atoms with Crippen molar-refractivity contribution in [1.82, 2.24) is 4.73 Å². The van der Waals surface area contributed by atoms with E-state index in [0.717, 1.165) is 10.8 Å². The van der Waals surface area contributed by atoms with Gasteiger partial charge >= 0.3 is 5.97 Å². The molecule has 0 amide bonds. The van der Waals surface area contributed by atoms with Gasteiger partial charge in [0.2, 0.25) is 11.8 Å². The number of nitrogens with zero attached hydrogens (tertiary/aromatic N) is 1. The number of rotatable bonds is 3. The molecule has 0 spiro atoms. The first-order valence-electron chi connectivity index (χ1n) is 7.24. The Morgan fingerprint density at radius 2 is 1.67 bits per heavy atom. The zero-order valence-electron chi connectivity index (χ0n) is 12.9. The maximum absolute atomic E-state index is 12.1. The molecule has 0 unspecified atom stereocenters. The van der Waals surface area contributed by atoms with Crippen LogP contribution in [0.25, 0.3) is 16.8 Å². The molecule has 0 bridgehead atoms. The normalized spacial score (nSPS) is 11.6. The Kier molecular flexibility index (Phi) is 3.87. The lowest BCUT2D eigenvalue weighted by Crippen LogP contribution is -2.19. The monoisotopic (exact) mass is 324 g/mol. The minimum Gasteiger partial charge on any atom is -0.492 e. The zero-order valence-corrected chi connectivity index (χ0v) is 12.9. The third-order valence-electron chi connectivity index (χ3n) is 3.62. The fourth-order valence-corrected chi connectivity index (χ4v) is 2.34. The Morgan fingerprint density at radius 1 is 1.08 bits per heavy atom. The van der Waals surface area contributed by atoms with E-state index in [4.69, 9.17) is 10.6 Å². The number of carbonyl (C=O) groups is 1. The van der Waals surface area contributed by atoms with Crippen molar-refractivity contribution in [3.8, 4) is 11.8 Å². The number of hydrogen-bond acceptors (Lipinski definition) is 5. The van der Waals surface area contributed by atoms with Gasteiger partial charge in [-0.3, -0.25) is 0 Å². The van der Waals surface area contributed by atoms with Crippen molar-refractivity contribution in [3.63, 3.8) is 0 Å². The van der Waals surface area contributed by atoms with Crippen molar-refractivity contribution >= 4 is 28.5 Å². The highest BCUT2D eigenvalue weighted by molar-refractivity contribution is 5.96. The van der Waals surface area contributed by atoms with Crippen LogP contribution in [0.4, 0.5) is 5.69 Å². The quantitative estimate of drug-likeness (QED) is 0.508. The van der Waals surface area contributed by atoms with E-state index in [1.54, 1.807) is 13.0 Å². The number of hydrogen-bond donors (Lipinski definition) is 3. The molecule has 0 aliphatic carbocycles. The van der Waals surface area contributed by atoms with Crippen LogP contribution in [0, 0.1) is 0 Å². The van der Waals surface area contributed by atoms with Crippen LogP contribution in [0.3, 0.4) is 0 Å². The predicted molar refractivity (Wildman–Crippen MR) is 91.4 cm³/mol. The third kappa shape index (κ3) is 2.89. The molecule has 6 heteroatoms. The van der Waals surface area contributed by atoms with E-state index in [-0.39, 0.29) is 17.3 Å². The summed E-state index contributed by atoms with van der Waals surface area (Å²) < 4.78 is 0.642. The van der Waals surface area contributed by atoms with E-state index in [1.807, 2.05) is 36.4 Å². The molecule has 0 radical (unpaired) electrons. The minimum absolute atomic E-state index is 0.268. The lowest BCUT2D eigenvalue weighted by atomic mass is 10.0. The summed E-state index contributed by atoms with van der Waals surface area (Å²) in [5, 5.41) is 21.0. The topological polar surface area (TPSA) is 97.7 Å². The maximum atomic E-state index is 12.1. The van der Waals surface area contributed by atoms with E-state index in [1.165, 1.54) is 12.1 Å². The van der Waals surface area contributed by atoms with Gasteiger partial charge in [0.05, 0.1) is 0 Å². The Balaban J connectivity index is 1.90. The molecule has 3 rings (SSSR count). The van der Waals surface area contributed by atoms with E-state index in [0.29, 0.717) is 16.0 Å². The van der Waals surface area contributed by atoms with Crippen LogP contribution in [0.2, 0.25) is 0 Å². The number of nitrogen functional groups attached to an aromatic ring is 1. The summed E-state index contributed by atoms with van der Waals surface area (Å²) in [4.78, 5) is 17.1. The molecular weight excluding hydrogens is 308 g/mol. The second-order valence-electron chi connectivity index (χ2n) is 5.38. The van der Waals surface area contributed by atoms with Gasteiger partial charge in [0.15, 0.2) is 0 Å². The number of anilines is 1. The number of nitrogens with two attached hydrogens (primary N) is 1. The summed E-state index contributed by atoms with van der Waals surface area (Å²) in [6, 6.07) is 13.9. The molecule has 1 heterocycles. The molecule has 122 valence electrons. The molecule has 4 N–H and O–H groups in total. The first-order valence-corrected chi connectivity index (χ1v) is 7.24. The molecule has 1 aromatic heterocycles. The largest absolute Gasteiger partial charge is 0.492 e. The highest BCUT2D eigenvalue weighted by Gasteiger charge is 2.14. The van der Waals surface area contributed by atoms with E-state index < -0.39 is 5.97 Å². The van der Waals surface area contributed by atoms with Crippen molar-refractivity contribution in [3.05, 3.63) is 59.7 Å². The average molecular weight is 324 g/mol. The summed E-state index contributed by atoms with van der Waals surface area (Å²) in [6.07, 6.45) is 1.60. The highest BCUT2D eigenvalue weighted by atomic mass is 16.7. The number of fused-ring (bicyclic) bond motifs is 1. The van der Waals surface area contributed by atoms with Crippen LogP contribution < -0.4 is 10.6 Å². The van der Waals surface area contributed by atoms with Crippen molar-refractivity contribution in [2.45, 2.75) is 6.92 Å². The number of carbonyl (C=O) groups excluding carboxylic acids is 1. The summed E-state index contributed by atoms with van der Waals surface area (Å²) in [5.74, 6) is -1.47. The van der Waals surface area contributed by atoms with Gasteiger partial charge in [0.1, 0.15) is 0 Å². The summed E-state index contributed by atoms with van der Waals surface area (Å²) >= 11 is 0. The van der Waals surface area contributed by atoms with E-state index >= 15 is 0 Å². The smallest absolute Gasteiger partial charge is 0.359 e. The molecule has 0 saturated carbocycles. The van der Waals surface area contributed by atoms with Gasteiger partial charge in [-0.1, -0.05) is 24.3 Å².